The molecular weight excluding hydrogens is 261 g/mol. The van der Waals surface area contributed by atoms with E-state index < -0.39 is 0 Å². The van der Waals surface area contributed by atoms with Gasteiger partial charge in [0.05, 0.1) is 11.0 Å². The second-order valence-corrected chi connectivity index (χ2v) is 5.64. The van der Waals surface area contributed by atoms with Crippen molar-refractivity contribution in [1.82, 2.24) is 9.55 Å². The number of rotatable bonds is 3. The van der Waals surface area contributed by atoms with Gasteiger partial charge < -0.3 is 10.3 Å². The van der Waals surface area contributed by atoms with Gasteiger partial charge in [-0.15, -0.1) is 11.3 Å². The Bertz CT molecular complexity index is 703. The van der Waals surface area contributed by atoms with Gasteiger partial charge in [-0.05, 0) is 30.5 Å². The summed E-state index contributed by atoms with van der Waals surface area (Å²) in [4.78, 5) is 5.53. The Labute approximate surface area is 114 Å². The predicted molar refractivity (Wildman–Crippen MR) is 76.8 cm³/mol. The van der Waals surface area contributed by atoms with E-state index in [0.29, 0.717) is 11.5 Å². The molecular formula is C14H14FN3S. The molecule has 0 saturated carbocycles. The number of nitrogen functional groups attached to an aromatic ring is 1. The van der Waals surface area contributed by atoms with Crippen LogP contribution in [0.1, 0.15) is 17.8 Å². The van der Waals surface area contributed by atoms with Crippen molar-refractivity contribution in [2.45, 2.75) is 19.4 Å². The van der Waals surface area contributed by atoms with E-state index in [1.54, 1.807) is 17.4 Å². The van der Waals surface area contributed by atoms with Crippen molar-refractivity contribution in [2.75, 3.05) is 5.73 Å². The molecule has 98 valence electrons. The van der Waals surface area contributed by atoms with Crippen LogP contribution < -0.4 is 5.73 Å². The summed E-state index contributed by atoms with van der Waals surface area (Å²) in [7, 11) is 0. The van der Waals surface area contributed by atoms with Crippen molar-refractivity contribution < 1.29 is 4.39 Å². The maximum atomic E-state index is 13.2. The average molecular weight is 275 g/mol. The predicted octanol–water partition coefficient (Wildman–Crippen LogP) is 3.62. The van der Waals surface area contributed by atoms with Crippen molar-refractivity contribution in [1.29, 1.82) is 0 Å². The minimum absolute atomic E-state index is 0.189. The zero-order chi connectivity index (χ0) is 13.4. The highest BCUT2D eigenvalue weighted by molar-refractivity contribution is 7.09. The summed E-state index contributed by atoms with van der Waals surface area (Å²) in [5.74, 6) is 0.146. The van der Waals surface area contributed by atoms with Gasteiger partial charge in [0.25, 0.3) is 0 Å². The first-order valence-corrected chi connectivity index (χ1v) is 6.98. The van der Waals surface area contributed by atoms with Gasteiger partial charge in [-0.2, -0.15) is 0 Å². The molecule has 1 unspecified atom stereocenters. The lowest BCUT2D eigenvalue weighted by atomic mass is 10.2. The van der Waals surface area contributed by atoms with Gasteiger partial charge in [-0.1, -0.05) is 6.07 Å². The molecule has 0 fully saturated rings. The maximum Gasteiger partial charge on any atom is 0.201 e. The lowest BCUT2D eigenvalue weighted by molar-refractivity contribution is 0.570. The van der Waals surface area contributed by atoms with Crippen molar-refractivity contribution in [3.05, 3.63) is 46.4 Å². The van der Waals surface area contributed by atoms with E-state index in [1.165, 1.54) is 17.0 Å². The molecule has 0 saturated heterocycles. The molecule has 0 spiro atoms. The molecule has 3 aromatic rings. The number of anilines is 1. The fraction of sp³-hybridized carbons (Fsp3) is 0.214. The third kappa shape index (κ3) is 2.21. The van der Waals surface area contributed by atoms with Crippen LogP contribution in [0.2, 0.25) is 0 Å². The summed E-state index contributed by atoms with van der Waals surface area (Å²) in [6.45, 7) is 2.10. The largest absolute Gasteiger partial charge is 0.369 e. The summed E-state index contributed by atoms with van der Waals surface area (Å²) < 4.78 is 15.2. The van der Waals surface area contributed by atoms with E-state index >= 15 is 0 Å². The van der Waals surface area contributed by atoms with Crippen LogP contribution in [0.4, 0.5) is 10.3 Å². The smallest absolute Gasteiger partial charge is 0.201 e. The number of halogens is 1. The quantitative estimate of drug-likeness (QED) is 0.793. The average Bonchev–Trinajstić information content (AvgIpc) is 2.95. The number of imidazole rings is 1. The molecule has 1 atom stereocenters. The number of nitrogens with zero attached hydrogens (tertiary/aromatic N) is 2. The molecule has 2 aromatic heterocycles. The zero-order valence-electron chi connectivity index (χ0n) is 10.5. The first-order chi connectivity index (χ1) is 9.15. The van der Waals surface area contributed by atoms with Gasteiger partial charge in [-0.3, -0.25) is 0 Å². The lowest BCUT2D eigenvalue weighted by Crippen LogP contribution is -2.10. The molecule has 0 aliphatic carbocycles. The van der Waals surface area contributed by atoms with Crippen LogP contribution >= 0.6 is 11.3 Å². The topological polar surface area (TPSA) is 43.8 Å². The van der Waals surface area contributed by atoms with Gasteiger partial charge in [0.2, 0.25) is 5.95 Å². The van der Waals surface area contributed by atoms with Crippen LogP contribution in [0.15, 0.2) is 35.7 Å². The molecule has 5 heteroatoms. The zero-order valence-corrected chi connectivity index (χ0v) is 11.3. The van der Waals surface area contributed by atoms with Crippen molar-refractivity contribution >= 4 is 28.3 Å². The van der Waals surface area contributed by atoms with E-state index in [0.717, 1.165) is 11.9 Å². The van der Waals surface area contributed by atoms with Crippen LogP contribution in [-0.4, -0.2) is 9.55 Å². The van der Waals surface area contributed by atoms with Crippen LogP contribution in [0.25, 0.3) is 11.0 Å². The summed E-state index contributed by atoms with van der Waals surface area (Å²) in [6, 6.07) is 8.93. The van der Waals surface area contributed by atoms with E-state index in [-0.39, 0.29) is 11.9 Å². The standard InChI is InChI=1S/C14H14FN3S/c1-9(7-11-3-2-6-19-11)18-13-5-4-10(15)8-12(13)17-14(18)16/h2-6,8-9H,7H2,1H3,(H2,16,17). The third-order valence-electron chi connectivity index (χ3n) is 3.20. The Hall–Kier alpha value is -1.88. The number of benzene rings is 1. The SMILES string of the molecule is CC(Cc1cccs1)n1c(N)nc2cc(F)ccc21. The first kappa shape index (κ1) is 12.2. The molecule has 19 heavy (non-hydrogen) atoms. The van der Waals surface area contributed by atoms with Gasteiger partial charge in [0.15, 0.2) is 0 Å². The Morgan fingerprint density at radius 3 is 3.00 bits per heavy atom. The summed E-state index contributed by atoms with van der Waals surface area (Å²) in [5.41, 5.74) is 7.45. The summed E-state index contributed by atoms with van der Waals surface area (Å²) in [5, 5.41) is 2.06. The van der Waals surface area contributed by atoms with Gasteiger partial charge in [-0.25, -0.2) is 9.37 Å². The molecule has 1 aromatic carbocycles. The Balaban J connectivity index is 2.01. The normalized spacial score (nSPS) is 12.9. The molecule has 0 aliphatic rings. The molecule has 0 aliphatic heterocycles. The third-order valence-corrected chi connectivity index (χ3v) is 4.10. The summed E-state index contributed by atoms with van der Waals surface area (Å²) >= 11 is 1.73. The Kier molecular flexibility index (Phi) is 2.98. The number of aromatic nitrogens is 2. The molecule has 0 radical (unpaired) electrons. The fourth-order valence-corrected chi connectivity index (χ4v) is 3.19. The number of fused-ring (bicyclic) bond motifs is 1. The highest BCUT2D eigenvalue weighted by Crippen LogP contribution is 2.26. The second-order valence-electron chi connectivity index (χ2n) is 4.61. The van der Waals surface area contributed by atoms with Gasteiger partial charge in [0.1, 0.15) is 5.82 Å². The van der Waals surface area contributed by atoms with E-state index in [9.17, 15) is 4.39 Å². The minimum Gasteiger partial charge on any atom is -0.369 e. The van der Waals surface area contributed by atoms with Gasteiger partial charge >= 0.3 is 0 Å². The van der Waals surface area contributed by atoms with Crippen molar-refractivity contribution in [2.24, 2.45) is 0 Å². The highest BCUT2D eigenvalue weighted by atomic mass is 32.1. The van der Waals surface area contributed by atoms with Crippen LogP contribution in [0.5, 0.6) is 0 Å². The molecule has 2 N–H and O–H groups in total. The Morgan fingerprint density at radius 1 is 1.42 bits per heavy atom. The second kappa shape index (κ2) is 4.66. The number of nitrogens with two attached hydrogens (primary N) is 1. The summed E-state index contributed by atoms with van der Waals surface area (Å²) in [6.07, 6.45) is 0.894. The monoisotopic (exact) mass is 275 g/mol. The minimum atomic E-state index is -0.289. The molecule has 3 rings (SSSR count). The lowest BCUT2D eigenvalue weighted by Gasteiger charge is -2.15. The number of hydrogen-bond acceptors (Lipinski definition) is 3. The van der Waals surface area contributed by atoms with Crippen LogP contribution in [0, 0.1) is 5.82 Å². The van der Waals surface area contributed by atoms with Crippen molar-refractivity contribution in [3.8, 4) is 0 Å². The van der Waals surface area contributed by atoms with Gasteiger partial charge in [0, 0.05) is 23.4 Å². The maximum absolute atomic E-state index is 13.2. The highest BCUT2D eigenvalue weighted by Gasteiger charge is 2.15. The number of thiophene rings is 1. The molecule has 3 nitrogen and oxygen atoms in total. The van der Waals surface area contributed by atoms with E-state index in [1.807, 2.05) is 10.6 Å². The fourth-order valence-electron chi connectivity index (χ4n) is 2.36. The molecule has 0 amide bonds. The molecule has 0 bridgehead atoms. The van der Waals surface area contributed by atoms with Crippen molar-refractivity contribution in [3.63, 3.8) is 0 Å². The van der Waals surface area contributed by atoms with E-state index in [2.05, 4.69) is 23.4 Å². The molecule has 2 heterocycles. The van der Waals surface area contributed by atoms with Crippen LogP contribution in [-0.2, 0) is 6.42 Å². The van der Waals surface area contributed by atoms with Crippen LogP contribution in [0.3, 0.4) is 0 Å². The Morgan fingerprint density at radius 2 is 2.26 bits per heavy atom. The number of hydrogen-bond donors (Lipinski definition) is 1. The first-order valence-electron chi connectivity index (χ1n) is 6.10. The van der Waals surface area contributed by atoms with E-state index in [4.69, 9.17) is 5.73 Å².